The molecule has 0 aliphatic carbocycles. The van der Waals surface area contributed by atoms with Crippen LogP contribution >= 0.6 is 24.0 Å². The van der Waals surface area contributed by atoms with E-state index >= 15 is 0 Å². The fourth-order valence-electron chi connectivity index (χ4n) is 2.87. The topological polar surface area (TPSA) is 48.9 Å². The standard InChI is InChI=1S/C19H25F3N4O.HI/c1-3-9-24-18(23-4-2)25-14-17(26-10-12-27-13-11-26)15-5-7-16(8-6-15)19(20,21)22;/h1,5-8,17H,4,9-14H2,2H3,(H2,23,24,25);1H. The first-order valence-corrected chi connectivity index (χ1v) is 8.90. The molecule has 2 rings (SSSR count). The summed E-state index contributed by atoms with van der Waals surface area (Å²) in [5.41, 5.74) is 0.140. The molecule has 0 bridgehead atoms. The number of benzene rings is 1. The second-order valence-electron chi connectivity index (χ2n) is 6.06. The quantitative estimate of drug-likeness (QED) is 0.268. The largest absolute Gasteiger partial charge is 0.416 e. The van der Waals surface area contributed by atoms with Crippen LogP contribution in [0.5, 0.6) is 0 Å². The van der Waals surface area contributed by atoms with Crippen molar-refractivity contribution in [2.24, 2.45) is 4.99 Å². The number of rotatable bonds is 6. The van der Waals surface area contributed by atoms with Crippen LogP contribution in [-0.2, 0) is 10.9 Å². The summed E-state index contributed by atoms with van der Waals surface area (Å²) in [7, 11) is 0. The van der Waals surface area contributed by atoms with Crippen LogP contribution in [0.4, 0.5) is 13.2 Å². The maximum absolute atomic E-state index is 12.9. The zero-order valence-electron chi connectivity index (χ0n) is 15.8. The van der Waals surface area contributed by atoms with E-state index in [0.717, 1.165) is 17.7 Å². The van der Waals surface area contributed by atoms with Crippen molar-refractivity contribution < 1.29 is 17.9 Å². The molecule has 1 fully saturated rings. The summed E-state index contributed by atoms with van der Waals surface area (Å²) in [4.78, 5) is 6.75. The molecule has 1 saturated heterocycles. The van der Waals surface area contributed by atoms with Gasteiger partial charge >= 0.3 is 6.18 Å². The molecule has 0 saturated carbocycles. The number of nitrogens with zero attached hydrogens (tertiary/aromatic N) is 2. The van der Waals surface area contributed by atoms with Crippen molar-refractivity contribution in [3.8, 4) is 12.3 Å². The number of alkyl halides is 3. The van der Waals surface area contributed by atoms with E-state index in [4.69, 9.17) is 11.2 Å². The predicted molar refractivity (Wildman–Crippen MR) is 115 cm³/mol. The van der Waals surface area contributed by atoms with E-state index in [2.05, 4.69) is 26.4 Å². The Kier molecular flexibility index (Phi) is 10.6. The molecule has 0 aromatic heterocycles. The SMILES string of the molecule is C#CCNC(=NCC(c1ccc(C(F)(F)F)cc1)N1CCOCC1)NCC.I. The van der Waals surface area contributed by atoms with Gasteiger partial charge in [0.1, 0.15) is 0 Å². The number of aliphatic imine (C=N–C) groups is 1. The lowest BCUT2D eigenvalue weighted by Gasteiger charge is -2.34. The molecule has 5 nitrogen and oxygen atoms in total. The van der Waals surface area contributed by atoms with Crippen molar-refractivity contribution in [2.75, 3.05) is 45.9 Å². The van der Waals surface area contributed by atoms with Crippen LogP contribution in [0.3, 0.4) is 0 Å². The van der Waals surface area contributed by atoms with Gasteiger partial charge in [0, 0.05) is 19.6 Å². The van der Waals surface area contributed by atoms with Crippen LogP contribution in [0, 0.1) is 12.3 Å². The monoisotopic (exact) mass is 510 g/mol. The molecule has 1 aliphatic rings. The van der Waals surface area contributed by atoms with E-state index in [-0.39, 0.29) is 30.0 Å². The van der Waals surface area contributed by atoms with Crippen LogP contribution in [0.2, 0.25) is 0 Å². The molecule has 156 valence electrons. The highest BCUT2D eigenvalue weighted by Crippen LogP contribution is 2.31. The third kappa shape index (κ3) is 7.48. The fraction of sp³-hybridized carbons (Fsp3) is 0.526. The first-order valence-electron chi connectivity index (χ1n) is 8.90. The van der Waals surface area contributed by atoms with Crippen molar-refractivity contribution in [1.29, 1.82) is 0 Å². The van der Waals surface area contributed by atoms with Crippen molar-refractivity contribution in [1.82, 2.24) is 15.5 Å². The third-order valence-electron chi connectivity index (χ3n) is 4.23. The molecule has 1 atom stereocenters. The smallest absolute Gasteiger partial charge is 0.379 e. The average molecular weight is 510 g/mol. The third-order valence-corrected chi connectivity index (χ3v) is 4.23. The molecule has 1 aromatic carbocycles. The molecule has 28 heavy (non-hydrogen) atoms. The first kappa shape index (κ1) is 24.5. The summed E-state index contributed by atoms with van der Waals surface area (Å²) < 4.78 is 43.9. The van der Waals surface area contributed by atoms with Crippen LogP contribution < -0.4 is 10.6 Å². The Labute approximate surface area is 181 Å². The van der Waals surface area contributed by atoms with Gasteiger partial charge in [-0.25, -0.2) is 0 Å². The van der Waals surface area contributed by atoms with Gasteiger partial charge < -0.3 is 15.4 Å². The summed E-state index contributed by atoms with van der Waals surface area (Å²) in [6.07, 6.45) is 0.932. The Bertz CT molecular complexity index is 653. The Hall–Kier alpha value is -1.51. The molecule has 0 spiro atoms. The summed E-state index contributed by atoms with van der Waals surface area (Å²) in [6, 6.07) is 5.15. The Morgan fingerprint density at radius 2 is 1.89 bits per heavy atom. The van der Waals surface area contributed by atoms with E-state index < -0.39 is 11.7 Å². The van der Waals surface area contributed by atoms with Gasteiger partial charge in [0.2, 0.25) is 0 Å². The van der Waals surface area contributed by atoms with Gasteiger partial charge in [0.05, 0.1) is 37.9 Å². The van der Waals surface area contributed by atoms with Crippen LogP contribution in [0.1, 0.15) is 24.1 Å². The zero-order valence-corrected chi connectivity index (χ0v) is 18.1. The normalized spacial score (nSPS) is 16.6. The average Bonchev–Trinajstić information content (AvgIpc) is 2.66. The van der Waals surface area contributed by atoms with Gasteiger partial charge in [0.25, 0.3) is 0 Å². The molecular weight excluding hydrogens is 484 g/mol. The van der Waals surface area contributed by atoms with Gasteiger partial charge in [-0.3, -0.25) is 9.89 Å². The Balaban J connectivity index is 0.00000392. The van der Waals surface area contributed by atoms with Gasteiger partial charge in [-0.05, 0) is 24.6 Å². The predicted octanol–water partition coefficient (Wildman–Crippen LogP) is 2.89. The number of halogens is 4. The number of morpholine rings is 1. The van der Waals surface area contributed by atoms with Crippen molar-refractivity contribution >= 4 is 29.9 Å². The number of hydrogen-bond donors (Lipinski definition) is 2. The van der Waals surface area contributed by atoms with E-state index in [0.29, 0.717) is 51.9 Å². The minimum Gasteiger partial charge on any atom is -0.379 e. The lowest BCUT2D eigenvalue weighted by molar-refractivity contribution is -0.137. The molecule has 1 heterocycles. The van der Waals surface area contributed by atoms with Crippen molar-refractivity contribution in [3.05, 3.63) is 35.4 Å². The number of guanidine groups is 1. The van der Waals surface area contributed by atoms with Crippen molar-refractivity contribution in [2.45, 2.75) is 19.1 Å². The summed E-state index contributed by atoms with van der Waals surface area (Å²) in [5, 5.41) is 6.13. The lowest BCUT2D eigenvalue weighted by Crippen LogP contribution is -2.42. The highest BCUT2D eigenvalue weighted by Gasteiger charge is 2.31. The lowest BCUT2D eigenvalue weighted by atomic mass is 10.0. The highest BCUT2D eigenvalue weighted by molar-refractivity contribution is 14.0. The molecule has 0 radical (unpaired) electrons. The molecule has 2 N–H and O–H groups in total. The molecule has 1 aliphatic heterocycles. The molecule has 1 unspecified atom stereocenters. The van der Waals surface area contributed by atoms with Crippen LogP contribution in [0.15, 0.2) is 29.3 Å². The Morgan fingerprint density at radius 3 is 2.43 bits per heavy atom. The van der Waals surface area contributed by atoms with E-state index in [9.17, 15) is 13.2 Å². The first-order chi connectivity index (χ1) is 13.0. The number of nitrogens with one attached hydrogen (secondary N) is 2. The fourth-order valence-corrected chi connectivity index (χ4v) is 2.87. The van der Waals surface area contributed by atoms with Gasteiger partial charge in [-0.15, -0.1) is 30.4 Å². The second kappa shape index (κ2) is 12.1. The van der Waals surface area contributed by atoms with E-state index in [1.54, 1.807) is 0 Å². The van der Waals surface area contributed by atoms with Crippen LogP contribution in [0.25, 0.3) is 0 Å². The number of ether oxygens (including phenoxy) is 1. The van der Waals surface area contributed by atoms with Crippen molar-refractivity contribution in [3.63, 3.8) is 0 Å². The zero-order chi connectivity index (χ0) is 19.7. The summed E-state index contributed by atoms with van der Waals surface area (Å²) >= 11 is 0. The van der Waals surface area contributed by atoms with E-state index in [1.807, 2.05) is 6.92 Å². The summed E-state index contributed by atoms with van der Waals surface area (Å²) in [6.45, 7) is 5.96. The molecular formula is C19H26F3IN4O. The van der Waals surface area contributed by atoms with Crippen LogP contribution in [-0.4, -0.2) is 56.8 Å². The van der Waals surface area contributed by atoms with Gasteiger partial charge in [-0.1, -0.05) is 18.1 Å². The minimum atomic E-state index is -4.34. The summed E-state index contributed by atoms with van der Waals surface area (Å²) in [5.74, 6) is 3.08. The molecule has 9 heteroatoms. The van der Waals surface area contributed by atoms with Gasteiger partial charge in [-0.2, -0.15) is 13.2 Å². The molecule has 0 amide bonds. The minimum absolute atomic E-state index is 0. The second-order valence-corrected chi connectivity index (χ2v) is 6.06. The number of hydrogen-bond acceptors (Lipinski definition) is 3. The van der Waals surface area contributed by atoms with E-state index in [1.165, 1.54) is 12.1 Å². The number of terminal acetylenes is 1. The Morgan fingerprint density at radius 1 is 1.25 bits per heavy atom. The highest BCUT2D eigenvalue weighted by atomic mass is 127. The maximum Gasteiger partial charge on any atom is 0.416 e. The maximum atomic E-state index is 12.9. The molecule has 1 aromatic rings. The van der Waals surface area contributed by atoms with Gasteiger partial charge in [0.15, 0.2) is 5.96 Å².